The van der Waals surface area contributed by atoms with Crippen LogP contribution < -0.4 is 15.4 Å². The van der Waals surface area contributed by atoms with Crippen molar-refractivity contribution in [2.24, 2.45) is 5.92 Å². The number of aromatic nitrogens is 2. The van der Waals surface area contributed by atoms with Gasteiger partial charge >= 0.3 is 6.03 Å². The van der Waals surface area contributed by atoms with Crippen molar-refractivity contribution in [1.29, 1.82) is 0 Å². The number of anilines is 1. The minimum absolute atomic E-state index is 0.0443. The van der Waals surface area contributed by atoms with Crippen LogP contribution in [-0.4, -0.2) is 84.3 Å². The van der Waals surface area contributed by atoms with Crippen LogP contribution in [0.2, 0.25) is 0 Å². The fourth-order valence-corrected chi connectivity index (χ4v) is 4.21. The number of fused-ring (bicyclic) bond motifs is 1. The molecule has 3 rings (SSSR count). The Hall–Kier alpha value is -3.24. The third-order valence-corrected chi connectivity index (χ3v) is 6.37. The van der Waals surface area contributed by atoms with E-state index in [1.54, 1.807) is 37.3 Å². The van der Waals surface area contributed by atoms with Gasteiger partial charge in [0.05, 0.1) is 11.7 Å². The Morgan fingerprint density at radius 1 is 1.22 bits per heavy atom. The topological polar surface area (TPSA) is 109 Å². The first-order chi connectivity index (χ1) is 17.3. The average Bonchev–Trinajstić information content (AvgIpc) is 2.88. The zero-order chi connectivity index (χ0) is 26.1. The summed E-state index contributed by atoms with van der Waals surface area (Å²) >= 11 is 0. The normalized spacial score (nSPS) is 21.5. The van der Waals surface area contributed by atoms with E-state index in [1.165, 1.54) is 6.33 Å². The second-order valence-corrected chi connectivity index (χ2v) is 9.37. The van der Waals surface area contributed by atoms with Crippen LogP contribution in [0.1, 0.15) is 43.1 Å². The molecule has 0 unspecified atom stereocenters. The Bertz CT molecular complexity index is 1010. The molecule has 2 heterocycles. The molecule has 1 aliphatic rings. The van der Waals surface area contributed by atoms with E-state index < -0.39 is 0 Å². The number of hydrogen-bond acceptors (Lipinski definition) is 7. The predicted molar refractivity (Wildman–Crippen MR) is 138 cm³/mol. The van der Waals surface area contributed by atoms with Gasteiger partial charge in [0.15, 0.2) is 0 Å². The summed E-state index contributed by atoms with van der Waals surface area (Å²) in [4.78, 5) is 37.9. The predicted octanol–water partition coefficient (Wildman–Crippen LogP) is 3.01. The number of benzene rings is 1. The lowest BCUT2D eigenvalue weighted by atomic mass is 10.0. The van der Waals surface area contributed by atoms with Gasteiger partial charge in [0, 0.05) is 70.0 Å². The Labute approximate surface area is 213 Å². The molecule has 2 N–H and O–H groups in total. The Morgan fingerprint density at radius 3 is 2.67 bits per heavy atom. The van der Waals surface area contributed by atoms with E-state index >= 15 is 0 Å². The lowest BCUT2D eigenvalue weighted by molar-refractivity contribution is 0.00918. The van der Waals surface area contributed by atoms with Gasteiger partial charge in [-0.05, 0) is 37.5 Å². The number of ether oxygens (including phenoxy) is 2. The highest BCUT2D eigenvalue weighted by molar-refractivity contribution is 5.99. The van der Waals surface area contributed by atoms with Gasteiger partial charge in [0.1, 0.15) is 18.7 Å². The van der Waals surface area contributed by atoms with Crippen LogP contribution in [0.5, 0.6) is 5.75 Å². The molecule has 3 atom stereocenters. The SMILES string of the molecule is CCCNC(=O)Nc1ccc2c(c1)C(=O)N(C)C[C@@H](OC)[C@@H](C)CN(Cc1cncnc1)[C@@H](C)CO2. The summed E-state index contributed by atoms with van der Waals surface area (Å²) in [7, 11) is 3.44. The van der Waals surface area contributed by atoms with Gasteiger partial charge in [-0.2, -0.15) is 0 Å². The van der Waals surface area contributed by atoms with Gasteiger partial charge in [0.25, 0.3) is 5.91 Å². The van der Waals surface area contributed by atoms with Crippen molar-refractivity contribution in [3.8, 4) is 5.75 Å². The zero-order valence-electron chi connectivity index (χ0n) is 21.9. The monoisotopic (exact) mass is 498 g/mol. The fourth-order valence-electron chi connectivity index (χ4n) is 4.21. The second-order valence-electron chi connectivity index (χ2n) is 9.37. The minimum atomic E-state index is -0.311. The first-order valence-corrected chi connectivity index (χ1v) is 12.4. The second kappa shape index (κ2) is 13.2. The van der Waals surface area contributed by atoms with Crippen LogP contribution >= 0.6 is 0 Å². The molecule has 10 heteroatoms. The molecule has 10 nitrogen and oxygen atoms in total. The number of carbonyl (C=O) groups excluding carboxylic acids is 2. The molecule has 1 aromatic carbocycles. The van der Waals surface area contributed by atoms with Crippen molar-refractivity contribution in [2.45, 2.75) is 45.9 Å². The number of urea groups is 1. The van der Waals surface area contributed by atoms with Crippen LogP contribution in [-0.2, 0) is 11.3 Å². The number of likely N-dealkylation sites (N-methyl/N-ethyl adjacent to an activating group) is 1. The third-order valence-electron chi connectivity index (χ3n) is 6.37. The molecule has 0 fully saturated rings. The summed E-state index contributed by atoms with van der Waals surface area (Å²) in [6.45, 7) is 9.01. The van der Waals surface area contributed by atoms with E-state index in [0.29, 0.717) is 43.2 Å². The van der Waals surface area contributed by atoms with Crippen molar-refractivity contribution in [1.82, 2.24) is 25.1 Å². The Morgan fingerprint density at radius 2 is 1.97 bits per heavy atom. The molecule has 36 heavy (non-hydrogen) atoms. The molecule has 0 aliphatic carbocycles. The largest absolute Gasteiger partial charge is 0.491 e. The highest BCUT2D eigenvalue weighted by atomic mass is 16.5. The van der Waals surface area contributed by atoms with Crippen LogP contribution in [0.25, 0.3) is 0 Å². The van der Waals surface area contributed by atoms with Crippen molar-refractivity contribution < 1.29 is 19.1 Å². The number of rotatable bonds is 6. The van der Waals surface area contributed by atoms with Gasteiger partial charge in [0.2, 0.25) is 0 Å². The van der Waals surface area contributed by atoms with E-state index in [-0.39, 0.29) is 30.0 Å². The molecule has 0 spiro atoms. The Kier molecular flexibility index (Phi) is 10.0. The Balaban J connectivity index is 1.89. The van der Waals surface area contributed by atoms with E-state index in [2.05, 4.69) is 39.3 Å². The van der Waals surface area contributed by atoms with Gasteiger partial charge in [-0.15, -0.1) is 0 Å². The highest BCUT2D eigenvalue weighted by Gasteiger charge is 2.28. The highest BCUT2D eigenvalue weighted by Crippen LogP contribution is 2.26. The first-order valence-electron chi connectivity index (χ1n) is 12.4. The van der Waals surface area contributed by atoms with E-state index in [0.717, 1.165) is 18.5 Å². The summed E-state index contributed by atoms with van der Waals surface area (Å²) in [5.74, 6) is 0.429. The minimum Gasteiger partial charge on any atom is -0.491 e. The zero-order valence-corrected chi connectivity index (χ0v) is 21.9. The van der Waals surface area contributed by atoms with Gasteiger partial charge in [-0.1, -0.05) is 13.8 Å². The van der Waals surface area contributed by atoms with Crippen molar-refractivity contribution in [3.05, 3.63) is 48.0 Å². The van der Waals surface area contributed by atoms with E-state index in [9.17, 15) is 9.59 Å². The van der Waals surface area contributed by atoms with Crippen LogP contribution in [0, 0.1) is 5.92 Å². The van der Waals surface area contributed by atoms with Crippen molar-refractivity contribution in [3.63, 3.8) is 0 Å². The maximum absolute atomic E-state index is 13.5. The number of carbonyl (C=O) groups is 2. The van der Waals surface area contributed by atoms with Crippen molar-refractivity contribution in [2.75, 3.05) is 45.7 Å². The summed E-state index contributed by atoms with van der Waals surface area (Å²) in [6, 6.07) is 4.88. The number of methoxy groups -OCH3 is 1. The molecular formula is C26H38N6O4. The van der Waals surface area contributed by atoms with Crippen LogP contribution in [0.15, 0.2) is 36.9 Å². The van der Waals surface area contributed by atoms with Crippen LogP contribution in [0.4, 0.5) is 10.5 Å². The molecule has 2 aromatic rings. The lowest BCUT2D eigenvalue weighted by Crippen LogP contribution is -2.46. The first kappa shape index (κ1) is 27.3. The summed E-state index contributed by atoms with van der Waals surface area (Å²) in [5.41, 5.74) is 1.93. The van der Waals surface area contributed by atoms with E-state index in [4.69, 9.17) is 9.47 Å². The molecule has 0 radical (unpaired) electrons. The van der Waals surface area contributed by atoms with Gasteiger partial charge in [-0.25, -0.2) is 14.8 Å². The number of hydrogen-bond donors (Lipinski definition) is 2. The molecule has 1 aliphatic heterocycles. The van der Waals surface area contributed by atoms with E-state index in [1.807, 2.05) is 19.3 Å². The van der Waals surface area contributed by atoms with Gasteiger partial charge in [-0.3, -0.25) is 9.69 Å². The van der Waals surface area contributed by atoms with Gasteiger partial charge < -0.3 is 25.0 Å². The number of amides is 3. The maximum atomic E-state index is 13.5. The molecule has 3 amide bonds. The average molecular weight is 499 g/mol. The molecule has 0 saturated carbocycles. The van der Waals surface area contributed by atoms with Crippen LogP contribution in [0.3, 0.4) is 0 Å². The summed E-state index contributed by atoms with van der Waals surface area (Å²) in [6.07, 6.45) is 5.84. The molecule has 1 aromatic heterocycles. The number of nitrogens with one attached hydrogen (secondary N) is 2. The fraction of sp³-hybridized carbons (Fsp3) is 0.538. The summed E-state index contributed by atoms with van der Waals surface area (Å²) < 4.78 is 12.0. The maximum Gasteiger partial charge on any atom is 0.319 e. The molecule has 0 bridgehead atoms. The molecule has 0 saturated heterocycles. The third kappa shape index (κ3) is 7.38. The summed E-state index contributed by atoms with van der Waals surface area (Å²) in [5, 5.41) is 5.58. The molecule has 196 valence electrons. The molecular weight excluding hydrogens is 460 g/mol. The quantitative estimate of drug-likeness (QED) is 0.630. The lowest BCUT2D eigenvalue weighted by Gasteiger charge is -2.36. The smallest absolute Gasteiger partial charge is 0.319 e. The van der Waals surface area contributed by atoms with Crippen molar-refractivity contribution >= 4 is 17.6 Å². The number of nitrogens with zero attached hydrogens (tertiary/aromatic N) is 4. The standard InChI is InChI=1S/C26H38N6O4/c1-6-9-29-26(34)30-21-7-8-23-22(10-21)25(33)31(4)15-24(35-5)18(2)13-32(19(3)16-36-23)14-20-11-27-17-28-12-20/h7-8,10-12,17-19,24H,6,9,13-16H2,1-5H3,(H2,29,30,34)/t18-,19-,24+/m0/s1.